The molecule has 2 rings (SSSR count). The third kappa shape index (κ3) is 3.56. The molecule has 0 spiro atoms. The van der Waals surface area contributed by atoms with E-state index in [0.717, 1.165) is 18.4 Å². The highest BCUT2D eigenvalue weighted by Gasteiger charge is 2.27. The Bertz CT molecular complexity index is 351. The SMILES string of the molecule is CCNCC1CCCC1Cc1ccccc1Br. The van der Waals surface area contributed by atoms with E-state index in [2.05, 4.69) is 52.4 Å². The van der Waals surface area contributed by atoms with Gasteiger partial charge in [-0.05, 0) is 55.8 Å². The summed E-state index contributed by atoms with van der Waals surface area (Å²) >= 11 is 3.66. The highest BCUT2D eigenvalue weighted by atomic mass is 79.9. The molecule has 2 unspecified atom stereocenters. The largest absolute Gasteiger partial charge is 0.317 e. The maximum absolute atomic E-state index is 3.66. The summed E-state index contributed by atoms with van der Waals surface area (Å²) in [5, 5.41) is 3.51. The van der Waals surface area contributed by atoms with Gasteiger partial charge in [0.2, 0.25) is 0 Å². The normalized spacial score (nSPS) is 24.1. The lowest BCUT2D eigenvalue weighted by Gasteiger charge is -2.20. The Morgan fingerprint density at radius 3 is 2.76 bits per heavy atom. The summed E-state index contributed by atoms with van der Waals surface area (Å²) < 4.78 is 1.27. The van der Waals surface area contributed by atoms with Crippen LogP contribution < -0.4 is 5.32 Å². The molecule has 1 aliphatic rings. The van der Waals surface area contributed by atoms with Crippen LogP contribution in [0.2, 0.25) is 0 Å². The molecule has 0 bridgehead atoms. The molecule has 94 valence electrons. The summed E-state index contributed by atoms with van der Waals surface area (Å²) in [5.41, 5.74) is 1.47. The van der Waals surface area contributed by atoms with Crippen molar-refractivity contribution in [2.75, 3.05) is 13.1 Å². The molecule has 1 nitrogen and oxygen atoms in total. The first-order valence-corrected chi connectivity index (χ1v) is 7.54. The topological polar surface area (TPSA) is 12.0 Å². The second-order valence-electron chi connectivity index (χ2n) is 5.05. The maximum Gasteiger partial charge on any atom is 0.0207 e. The van der Waals surface area contributed by atoms with E-state index in [9.17, 15) is 0 Å². The van der Waals surface area contributed by atoms with E-state index in [1.54, 1.807) is 0 Å². The standard InChI is InChI=1S/C15H22BrN/c1-2-17-11-14-8-5-7-12(14)10-13-6-3-4-9-15(13)16/h3-4,6,9,12,14,17H,2,5,7-8,10-11H2,1H3. The number of nitrogens with one attached hydrogen (secondary N) is 1. The van der Waals surface area contributed by atoms with Crippen molar-refractivity contribution in [1.29, 1.82) is 0 Å². The summed E-state index contributed by atoms with van der Waals surface area (Å²) in [6.45, 7) is 4.49. The van der Waals surface area contributed by atoms with Crippen molar-refractivity contribution in [3.63, 3.8) is 0 Å². The first-order valence-electron chi connectivity index (χ1n) is 6.75. The highest BCUT2D eigenvalue weighted by Crippen LogP contribution is 2.35. The third-order valence-electron chi connectivity index (χ3n) is 3.91. The fourth-order valence-corrected chi connectivity index (χ4v) is 3.37. The first-order chi connectivity index (χ1) is 8.31. The molecule has 2 atom stereocenters. The van der Waals surface area contributed by atoms with Crippen molar-refractivity contribution in [3.8, 4) is 0 Å². The Morgan fingerprint density at radius 1 is 1.24 bits per heavy atom. The van der Waals surface area contributed by atoms with Gasteiger partial charge in [0.1, 0.15) is 0 Å². The summed E-state index contributed by atoms with van der Waals surface area (Å²) in [6, 6.07) is 8.66. The summed E-state index contributed by atoms with van der Waals surface area (Å²) in [4.78, 5) is 0. The zero-order chi connectivity index (χ0) is 12.1. The van der Waals surface area contributed by atoms with Crippen LogP contribution in [0.15, 0.2) is 28.7 Å². The molecular weight excluding hydrogens is 274 g/mol. The smallest absolute Gasteiger partial charge is 0.0207 e. The molecule has 2 heteroatoms. The molecule has 1 fully saturated rings. The van der Waals surface area contributed by atoms with E-state index in [0.29, 0.717) is 0 Å². The quantitative estimate of drug-likeness (QED) is 0.865. The van der Waals surface area contributed by atoms with Crippen LogP contribution in [-0.2, 0) is 6.42 Å². The van der Waals surface area contributed by atoms with Crippen LogP contribution in [-0.4, -0.2) is 13.1 Å². The molecule has 1 aromatic rings. The van der Waals surface area contributed by atoms with E-state index in [-0.39, 0.29) is 0 Å². The molecule has 0 aromatic heterocycles. The average Bonchev–Trinajstić information content (AvgIpc) is 2.77. The zero-order valence-electron chi connectivity index (χ0n) is 10.6. The molecule has 17 heavy (non-hydrogen) atoms. The lowest BCUT2D eigenvalue weighted by atomic mass is 9.89. The minimum atomic E-state index is 0.868. The minimum Gasteiger partial charge on any atom is -0.317 e. The second-order valence-corrected chi connectivity index (χ2v) is 5.91. The van der Waals surface area contributed by atoms with E-state index in [1.807, 2.05) is 0 Å². The zero-order valence-corrected chi connectivity index (χ0v) is 12.2. The van der Waals surface area contributed by atoms with Crippen LogP contribution in [0.3, 0.4) is 0 Å². The van der Waals surface area contributed by atoms with Crippen LogP contribution in [0.25, 0.3) is 0 Å². The molecule has 1 N–H and O–H groups in total. The summed E-state index contributed by atoms with van der Waals surface area (Å²) in [5.74, 6) is 1.75. The van der Waals surface area contributed by atoms with Gasteiger partial charge < -0.3 is 5.32 Å². The van der Waals surface area contributed by atoms with Gasteiger partial charge in [-0.2, -0.15) is 0 Å². The molecule has 1 saturated carbocycles. The Hall–Kier alpha value is -0.340. The fraction of sp³-hybridized carbons (Fsp3) is 0.600. The van der Waals surface area contributed by atoms with Crippen molar-refractivity contribution in [1.82, 2.24) is 5.32 Å². The number of benzene rings is 1. The number of hydrogen-bond donors (Lipinski definition) is 1. The minimum absolute atomic E-state index is 0.868. The molecular formula is C15H22BrN. The van der Waals surface area contributed by atoms with Gasteiger partial charge in [0.05, 0.1) is 0 Å². The number of rotatable bonds is 5. The molecule has 0 radical (unpaired) electrons. The molecule has 1 aliphatic carbocycles. The molecule has 0 aliphatic heterocycles. The summed E-state index contributed by atoms with van der Waals surface area (Å²) in [6.07, 6.45) is 5.45. The molecule has 1 aromatic carbocycles. The van der Waals surface area contributed by atoms with Gasteiger partial charge in [-0.25, -0.2) is 0 Å². The van der Waals surface area contributed by atoms with Crippen molar-refractivity contribution < 1.29 is 0 Å². The van der Waals surface area contributed by atoms with Crippen LogP contribution in [0.1, 0.15) is 31.7 Å². The predicted molar refractivity (Wildman–Crippen MR) is 77.2 cm³/mol. The van der Waals surface area contributed by atoms with Crippen molar-refractivity contribution >= 4 is 15.9 Å². The second kappa shape index (κ2) is 6.55. The van der Waals surface area contributed by atoms with Crippen molar-refractivity contribution in [3.05, 3.63) is 34.3 Å². The van der Waals surface area contributed by atoms with Gasteiger partial charge in [0, 0.05) is 4.47 Å². The monoisotopic (exact) mass is 295 g/mol. The van der Waals surface area contributed by atoms with Crippen molar-refractivity contribution in [2.45, 2.75) is 32.6 Å². The Morgan fingerprint density at radius 2 is 2.00 bits per heavy atom. The van der Waals surface area contributed by atoms with Crippen LogP contribution >= 0.6 is 15.9 Å². The number of halogens is 1. The molecule has 0 saturated heterocycles. The van der Waals surface area contributed by atoms with E-state index < -0.39 is 0 Å². The van der Waals surface area contributed by atoms with Gasteiger partial charge >= 0.3 is 0 Å². The van der Waals surface area contributed by atoms with E-state index in [1.165, 1.54) is 42.3 Å². The number of hydrogen-bond acceptors (Lipinski definition) is 1. The first kappa shape index (κ1) is 13.1. The highest BCUT2D eigenvalue weighted by molar-refractivity contribution is 9.10. The predicted octanol–water partition coefficient (Wildman–Crippen LogP) is 4.02. The van der Waals surface area contributed by atoms with Gasteiger partial charge in [0.25, 0.3) is 0 Å². The van der Waals surface area contributed by atoms with Gasteiger partial charge in [0.15, 0.2) is 0 Å². The van der Waals surface area contributed by atoms with E-state index in [4.69, 9.17) is 0 Å². The van der Waals surface area contributed by atoms with Gasteiger partial charge in [-0.15, -0.1) is 0 Å². The lowest BCUT2D eigenvalue weighted by molar-refractivity contribution is 0.368. The molecule has 0 heterocycles. The van der Waals surface area contributed by atoms with Crippen LogP contribution in [0, 0.1) is 11.8 Å². The van der Waals surface area contributed by atoms with Gasteiger partial charge in [-0.1, -0.05) is 47.5 Å². The Kier molecular flexibility index (Phi) is 5.05. The van der Waals surface area contributed by atoms with Crippen LogP contribution in [0.5, 0.6) is 0 Å². The third-order valence-corrected chi connectivity index (χ3v) is 4.69. The Balaban J connectivity index is 1.95. The van der Waals surface area contributed by atoms with Crippen LogP contribution in [0.4, 0.5) is 0 Å². The Labute approximate surface area is 113 Å². The average molecular weight is 296 g/mol. The van der Waals surface area contributed by atoms with Gasteiger partial charge in [-0.3, -0.25) is 0 Å². The van der Waals surface area contributed by atoms with E-state index >= 15 is 0 Å². The molecule has 0 amide bonds. The van der Waals surface area contributed by atoms with Crippen molar-refractivity contribution in [2.24, 2.45) is 11.8 Å². The lowest BCUT2D eigenvalue weighted by Crippen LogP contribution is -2.26. The maximum atomic E-state index is 3.66. The fourth-order valence-electron chi connectivity index (χ4n) is 2.93. The summed E-state index contributed by atoms with van der Waals surface area (Å²) in [7, 11) is 0.